The number of nitriles is 2. The molecule has 0 aliphatic carbocycles. The minimum Gasteiger partial charge on any atom is -0.305 e. The quantitative estimate of drug-likeness (QED) is 0.452. The van der Waals surface area contributed by atoms with Gasteiger partial charge in [-0.05, 0) is 63.0 Å². The zero-order valence-electron chi connectivity index (χ0n) is 18.5. The van der Waals surface area contributed by atoms with Crippen LogP contribution >= 0.6 is 11.3 Å². The highest BCUT2D eigenvalue weighted by Gasteiger charge is 2.20. The molecule has 3 aromatic heterocycles. The summed E-state index contributed by atoms with van der Waals surface area (Å²) in [6.07, 6.45) is 3.29. The molecule has 1 saturated heterocycles. The van der Waals surface area contributed by atoms with Crippen molar-refractivity contribution < 1.29 is 0 Å². The highest BCUT2D eigenvalue weighted by Crippen LogP contribution is 2.31. The van der Waals surface area contributed by atoms with E-state index in [4.69, 9.17) is 4.98 Å². The number of aromatic nitrogens is 2. The van der Waals surface area contributed by atoms with Crippen LogP contribution in [0.3, 0.4) is 0 Å². The van der Waals surface area contributed by atoms with Crippen LogP contribution in [0.2, 0.25) is 0 Å². The molecule has 0 bridgehead atoms. The van der Waals surface area contributed by atoms with E-state index in [1.165, 1.54) is 11.3 Å². The number of fused-ring (bicyclic) bond motifs is 1. The third kappa shape index (κ3) is 4.40. The van der Waals surface area contributed by atoms with E-state index in [-0.39, 0.29) is 0 Å². The van der Waals surface area contributed by atoms with Crippen LogP contribution in [0.5, 0.6) is 0 Å². The zero-order chi connectivity index (χ0) is 22.8. The zero-order valence-corrected chi connectivity index (χ0v) is 19.3. The Bertz CT molecular complexity index is 1370. The van der Waals surface area contributed by atoms with Crippen LogP contribution in [-0.2, 0) is 6.54 Å². The smallest absolute Gasteiger partial charge is 0.137 e. The number of imidazole rings is 1. The Kier molecular flexibility index (Phi) is 5.93. The van der Waals surface area contributed by atoms with Crippen molar-refractivity contribution in [2.75, 3.05) is 33.2 Å². The summed E-state index contributed by atoms with van der Waals surface area (Å²) < 4.78 is 2.20. The van der Waals surface area contributed by atoms with Gasteiger partial charge in [0.15, 0.2) is 0 Å². The van der Waals surface area contributed by atoms with Gasteiger partial charge in [-0.25, -0.2) is 4.98 Å². The largest absolute Gasteiger partial charge is 0.305 e. The van der Waals surface area contributed by atoms with Gasteiger partial charge in [-0.15, -0.1) is 11.3 Å². The first-order valence-corrected chi connectivity index (χ1v) is 11.9. The molecule has 1 aromatic carbocycles. The molecular weight excluding hydrogens is 428 g/mol. The van der Waals surface area contributed by atoms with Crippen LogP contribution in [0.15, 0.2) is 54.7 Å². The van der Waals surface area contributed by atoms with Gasteiger partial charge < -0.3 is 9.30 Å². The lowest BCUT2D eigenvalue weighted by atomic mass is 10.1. The fourth-order valence-electron chi connectivity index (χ4n) is 4.35. The Labute approximate surface area is 197 Å². The summed E-state index contributed by atoms with van der Waals surface area (Å²) in [5.41, 5.74) is 5.75. The number of likely N-dealkylation sites (N-methyl/N-ethyl adjacent to an activating group) is 1. The van der Waals surface area contributed by atoms with Crippen molar-refractivity contribution in [1.82, 2.24) is 19.2 Å². The number of pyridine rings is 1. The molecule has 1 aliphatic heterocycles. The van der Waals surface area contributed by atoms with Gasteiger partial charge in [-0.2, -0.15) is 10.5 Å². The summed E-state index contributed by atoms with van der Waals surface area (Å²) in [6, 6.07) is 20.1. The first-order chi connectivity index (χ1) is 16.1. The molecule has 0 unspecified atom stereocenters. The number of rotatable bonds is 4. The number of hydrogen-bond acceptors (Lipinski definition) is 6. The molecule has 0 atom stereocenters. The summed E-state index contributed by atoms with van der Waals surface area (Å²) >= 11 is 1.50. The van der Waals surface area contributed by atoms with Crippen molar-refractivity contribution >= 4 is 17.0 Å². The number of thiophene rings is 1. The van der Waals surface area contributed by atoms with E-state index < -0.39 is 0 Å². The summed E-state index contributed by atoms with van der Waals surface area (Å²) in [5, 5.41) is 18.4. The first kappa shape index (κ1) is 21.4. The third-order valence-electron chi connectivity index (χ3n) is 6.19. The van der Waals surface area contributed by atoms with Gasteiger partial charge in [0, 0.05) is 41.8 Å². The van der Waals surface area contributed by atoms with Crippen molar-refractivity contribution in [2.45, 2.75) is 13.0 Å². The average molecular weight is 453 g/mol. The van der Waals surface area contributed by atoms with Crippen molar-refractivity contribution in [2.24, 2.45) is 0 Å². The summed E-state index contributed by atoms with van der Waals surface area (Å²) in [6.45, 7) is 5.06. The Balaban J connectivity index is 1.60. The van der Waals surface area contributed by atoms with E-state index in [9.17, 15) is 10.5 Å². The molecule has 5 rings (SSSR count). The molecule has 164 valence electrons. The number of benzene rings is 1. The van der Waals surface area contributed by atoms with E-state index in [1.54, 1.807) is 0 Å². The monoisotopic (exact) mass is 452 g/mol. The minimum absolute atomic E-state index is 0.646. The number of hydrogen-bond donors (Lipinski definition) is 0. The van der Waals surface area contributed by atoms with Crippen LogP contribution < -0.4 is 0 Å². The van der Waals surface area contributed by atoms with Gasteiger partial charge in [-0.3, -0.25) is 4.90 Å². The van der Waals surface area contributed by atoms with Crippen molar-refractivity contribution in [1.29, 1.82) is 10.5 Å². The van der Waals surface area contributed by atoms with E-state index in [0.717, 1.165) is 72.2 Å². The molecule has 1 aliphatic rings. The van der Waals surface area contributed by atoms with Gasteiger partial charge in [0.1, 0.15) is 16.6 Å². The molecule has 4 heterocycles. The molecule has 7 heteroatoms. The maximum absolute atomic E-state index is 9.22. The maximum Gasteiger partial charge on any atom is 0.137 e. The fourth-order valence-corrected chi connectivity index (χ4v) is 5.14. The average Bonchev–Trinajstić information content (AvgIpc) is 3.41. The highest BCUT2D eigenvalue weighted by atomic mass is 32.1. The van der Waals surface area contributed by atoms with Gasteiger partial charge in [0.25, 0.3) is 0 Å². The van der Waals surface area contributed by atoms with Crippen molar-refractivity contribution in [3.05, 3.63) is 70.9 Å². The molecule has 0 spiro atoms. The normalized spacial score (nSPS) is 15.2. The van der Waals surface area contributed by atoms with E-state index in [0.29, 0.717) is 10.4 Å². The molecule has 4 aromatic rings. The second kappa shape index (κ2) is 9.17. The van der Waals surface area contributed by atoms with Crippen LogP contribution in [0.4, 0.5) is 0 Å². The Hall–Kier alpha value is -3.49. The summed E-state index contributed by atoms with van der Waals surface area (Å²) in [5.74, 6) is 0. The minimum atomic E-state index is 0.646. The summed E-state index contributed by atoms with van der Waals surface area (Å²) in [4.78, 5) is 11.7. The molecule has 0 amide bonds. The fraction of sp³-hybridized carbons (Fsp3) is 0.269. The lowest BCUT2D eigenvalue weighted by Crippen LogP contribution is -2.29. The van der Waals surface area contributed by atoms with Gasteiger partial charge in [0.2, 0.25) is 0 Å². The lowest BCUT2D eigenvalue weighted by molar-refractivity contribution is 0.266. The molecule has 0 N–H and O–H groups in total. The van der Waals surface area contributed by atoms with Crippen LogP contribution in [0.1, 0.15) is 22.6 Å². The summed E-state index contributed by atoms with van der Waals surface area (Å²) in [7, 11) is 2.18. The van der Waals surface area contributed by atoms with Crippen molar-refractivity contribution in [3.8, 4) is 33.8 Å². The SMILES string of the molecule is CN1CCCN(Cc2c(-c3ccc(C#N)cc3)nc3ccc(-c4ccc(C#N)s4)cn23)CC1. The second-order valence-electron chi connectivity index (χ2n) is 8.45. The molecule has 0 radical (unpaired) electrons. The highest BCUT2D eigenvalue weighted by molar-refractivity contribution is 7.16. The van der Waals surface area contributed by atoms with E-state index >= 15 is 0 Å². The van der Waals surface area contributed by atoms with Crippen LogP contribution in [-0.4, -0.2) is 52.4 Å². The van der Waals surface area contributed by atoms with Crippen LogP contribution in [0.25, 0.3) is 27.3 Å². The molecule has 1 fully saturated rings. The van der Waals surface area contributed by atoms with Gasteiger partial charge in [-0.1, -0.05) is 12.1 Å². The Morgan fingerprint density at radius 1 is 0.909 bits per heavy atom. The van der Waals surface area contributed by atoms with Crippen molar-refractivity contribution in [3.63, 3.8) is 0 Å². The topological polar surface area (TPSA) is 71.4 Å². The van der Waals surface area contributed by atoms with E-state index in [2.05, 4.69) is 45.6 Å². The lowest BCUT2D eigenvalue weighted by Gasteiger charge is -2.20. The van der Waals surface area contributed by atoms with E-state index in [1.807, 2.05) is 42.5 Å². The molecule has 33 heavy (non-hydrogen) atoms. The van der Waals surface area contributed by atoms with Gasteiger partial charge >= 0.3 is 0 Å². The molecular formula is C26H24N6S. The Morgan fingerprint density at radius 3 is 2.48 bits per heavy atom. The maximum atomic E-state index is 9.22. The second-order valence-corrected chi connectivity index (χ2v) is 9.53. The van der Waals surface area contributed by atoms with Gasteiger partial charge in [0.05, 0.1) is 23.0 Å². The predicted molar refractivity (Wildman–Crippen MR) is 131 cm³/mol. The first-order valence-electron chi connectivity index (χ1n) is 11.1. The van der Waals surface area contributed by atoms with Crippen LogP contribution in [0, 0.1) is 22.7 Å². The molecule has 6 nitrogen and oxygen atoms in total. The number of nitrogens with zero attached hydrogens (tertiary/aromatic N) is 6. The Morgan fingerprint density at radius 2 is 1.73 bits per heavy atom. The third-order valence-corrected chi connectivity index (χ3v) is 7.23. The predicted octanol–water partition coefficient (Wildman–Crippen LogP) is 4.61. The molecule has 0 saturated carbocycles. The standard InChI is InChI=1S/C26H24N6S/c1-30-11-2-12-31(14-13-30)18-23-26(20-5-3-19(15-27)4-6-20)29-25-10-7-21(17-32(23)25)24-9-8-22(16-28)33-24/h3-10,17H,2,11-14,18H2,1H3.